The summed E-state index contributed by atoms with van der Waals surface area (Å²) in [7, 11) is 3.26. The molecule has 1 aromatic rings. The van der Waals surface area contributed by atoms with Crippen molar-refractivity contribution in [3.05, 3.63) is 23.3 Å². The van der Waals surface area contributed by atoms with Crippen molar-refractivity contribution in [3.8, 4) is 11.5 Å². The van der Waals surface area contributed by atoms with Crippen LogP contribution >= 0.6 is 0 Å². The van der Waals surface area contributed by atoms with Gasteiger partial charge in [-0.1, -0.05) is 0 Å². The average Bonchev–Trinajstić information content (AvgIpc) is 2.65. The first-order chi connectivity index (χ1) is 12.0. The molecule has 0 N–H and O–H groups in total. The number of likely N-dealkylation sites (tertiary alicyclic amines) is 1. The molecule has 0 saturated carbocycles. The van der Waals surface area contributed by atoms with Gasteiger partial charge in [-0.3, -0.25) is 9.59 Å². The van der Waals surface area contributed by atoms with Crippen LogP contribution in [0.3, 0.4) is 0 Å². The van der Waals surface area contributed by atoms with E-state index in [1.54, 1.807) is 21.1 Å². The highest BCUT2D eigenvalue weighted by atomic mass is 16.5. The lowest BCUT2D eigenvalue weighted by atomic mass is 9.92. The number of carbonyl (C=O) groups is 2. The molecule has 6 nitrogen and oxygen atoms in total. The van der Waals surface area contributed by atoms with Crippen molar-refractivity contribution in [1.29, 1.82) is 0 Å². The number of hydrogen-bond donors (Lipinski definition) is 0. The summed E-state index contributed by atoms with van der Waals surface area (Å²) in [4.78, 5) is 28.1. The topological polar surface area (TPSA) is 59.1 Å². The van der Waals surface area contributed by atoms with Crippen LogP contribution in [0, 0.1) is 5.92 Å². The second-order valence-electron chi connectivity index (χ2n) is 6.77. The van der Waals surface area contributed by atoms with Gasteiger partial charge in [0.2, 0.25) is 11.8 Å². The predicted molar refractivity (Wildman–Crippen MR) is 93.6 cm³/mol. The predicted octanol–water partition coefficient (Wildman–Crippen LogP) is 1.85. The van der Waals surface area contributed by atoms with E-state index in [2.05, 4.69) is 0 Å². The lowest BCUT2D eigenvalue weighted by Crippen LogP contribution is -2.45. The molecule has 1 saturated heterocycles. The number of methoxy groups -OCH3 is 2. The van der Waals surface area contributed by atoms with Crippen molar-refractivity contribution < 1.29 is 19.1 Å². The second-order valence-corrected chi connectivity index (χ2v) is 6.77. The van der Waals surface area contributed by atoms with E-state index in [0.29, 0.717) is 25.4 Å². The molecule has 0 aliphatic carbocycles. The summed E-state index contributed by atoms with van der Waals surface area (Å²) >= 11 is 0. The Balaban J connectivity index is 1.68. The van der Waals surface area contributed by atoms with Crippen molar-refractivity contribution in [2.24, 2.45) is 5.92 Å². The molecule has 0 radical (unpaired) electrons. The van der Waals surface area contributed by atoms with Gasteiger partial charge in [0.15, 0.2) is 11.5 Å². The molecular weight excluding hydrogens is 320 g/mol. The molecule has 2 aliphatic rings. The number of fused-ring (bicyclic) bond motifs is 1. The molecule has 0 bridgehead atoms. The molecule has 0 spiro atoms. The first kappa shape index (κ1) is 17.6. The number of hydrogen-bond acceptors (Lipinski definition) is 4. The normalized spacial score (nSPS) is 17.9. The van der Waals surface area contributed by atoms with Crippen LogP contribution in [-0.2, 0) is 22.6 Å². The Morgan fingerprint density at radius 3 is 2.12 bits per heavy atom. The maximum atomic E-state index is 12.9. The van der Waals surface area contributed by atoms with Crippen LogP contribution < -0.4 is 9.47 Å². The Morgan fingerprint density at radius 1 is 0.960 bits per heavy atom. The van der Waals surface area contributed by atoms with Gasteiger partial charge in [0.1, 0.15) is 0 Å². The smallest absolute Gasteiger partial charge is 0.226 e. The summed E-state index contributed by atoms with van der Waals surface area (Å²) in [6.07, 6.45) is 2.34. The van der Waals surface area contributed by atoms with Crippen molar-refractivity contribution in [2.75, 3.05) is 33.9 Å². The summed E-state index contributed by atoms with van der Waals surface area (Å²) in [5.41, 5.74) is 2.34. The largest absolute Gasteiger partial charge is 0.493 e. The molecule has 0 atom stereocenters. The number of amides is 2. The van der Waals surface area contributed by atoms with Gasteiger partial charge in [-0.05, 0) is 42.5 Å². The molecule has 0 unspecified atom stereocenters. The summed E-state index contributed by atoms with van der Waals surface area (Å²) in [6.45, 7) is 4.30. The third kappa shape index (κ3) is 3.57. The van der Waals surface area contributed by atoms with E-state index < -0.39 is 0 Å². The summed E-state index contributed by atoms with van der Waals surface area (Å²) in [5.74, 6) is 1.77. The molecule has 25 heavy (non-hydrogen) atoms. The quantitative estimate of drug-likeness (QED) is 0.838. The van der Waals surface area contributed by atoms with E-state index in [-0.39, 0.29) is 17.7 Å². The molecule has 2 heterocycles. The van der Waals surface area contributed by atoms with Crippen LogP contribution in [0.5, 0.6) is 11.5 Å². The maximum absolute atomic E-state index is 12.9. The van der Waals surface area contributed by atoms with Crippen LogP contribution in [0.15, 0.2) is 12.1 Å². The minimum atomic E-state index is 0.0253. The van der Waals surface area contributed by atoms with Crippen molar-refractivity contribution >= 4 is 11.8 Å². The van der Waals surface area contributed by atoms with E-state index in [1.807, 2.05) is 21.9 Å². The van der Waals surface area contributed by atoms with Crippen molar-refractivity contribution in [2.45, 2.75) is 32.7 Å². The fourth-order valence-corrected chi connectivity index (χ4v) is 3.77. The summed E-state index contributed by atoms with van der Waals surface area (Å²) in [6, 6.07) is 3.99. The van der Waals surface area contributed by atoms with E-state index in [4.69, 9.17) is 9.47 Å². The Hall–Kier alpha value is -2.24. The van der Waals surface area contributed by atoms with Gasteiger partial charge in [-0.15, -0.1) is 0 Å². The lowest BCUT2D eigenvalue weighted by Gasteiger charge is -2.36. The third-order valence-electron chi connectivity index (χ3n) is 5.32. The molecule has 2 aliphatic heterocycles. The van der Waals surface area contributed by atoms with Crippen LogP contribution in [0.25, 0.3) is 0 Å². The Kier molecular flexibility index (Phi) is 5.16. The maximum Gasteiger partial charge on any atom is 0.226 e. The highest BCUT2D eigenvalue weighted by Gasteiger charge is 2.31. The highest BCUT2D eigenvalue weighted by Crippen LogP contribution is 2.34. The molecular formula is C19H26N2O4. The Labute approximate surface area is 148 Å². The average molecular weight is 346 g/mol. The zero-order valence-electron chi connectivity index (χ0n) is 15.2. The number of piperidine rings is 1. The minimum absolute atomic E-state index is 0.0253. The number of ether oxygens (including phenoxy) is 2. The fourth-order valence-electron chi connectivity index (χ4n) is 3.77. The first-order valence-electron chi connectivity index (χ1n) is 8.81. The molecule has 2 amide bonds. The van der Waals surface area contributed by atoms with Gasteiger partial charge in [-0.25, -0.2) is 0 Å². The summed E-state index contributed by atoms with van der Waals surface area (Å²) < 4.78 is 10.7. The van der Waals surface area contributed by atoms with E-state index in [1.165, 1.54) is 5.56 Å². The Morgan fingerprint density at radius 2 is 1.56 bits per heavy atom. The van der Waals surface area contributed by atoms with Gasteiger partial charge in [0.05, 0.1) is 14.2 Å². The number of rotatable bonds is 3. The van der Waals surface area contributed by atoms with E-state index in [0.717, 1.165) is 37.1 Å². The molecule has 3 rings (SSSR count). The first-order valence-corrected chi connectivity index (χ1v) is 8.81. The number of carbonyl (C=O) groups excluding carboxylic acids is 2. The van der Waals surface area contributed by atoms with Gasteiger partial charge in [0.25, 0.3) is 0 Å². The van der Waals surface area contributed by atoms with Crippen LogP contribution in [0.1, 0.15) is 30.9 Å². The second kappa shape index (κ2) is 7.33. The van der Waals surface area contributed by atoms with Gasteiger partial charge in [-0.2, -0.15) is 0 Å². The van der Waals surface area contributed by atoms with Crippen molar-refractivity contribution in [1.82, 2.24) is 9.80 Å². The van der Waals surface area contributed by atoms with Crippen LogP contribution in [0.2, 0.25) is 0 Å². The zero-order valence-corrected chi connectivity index (χ0v) is 15.2. The van der Waals surface area contributed by atoms with Gasteiger partial charge < -0.3 is 19.3 Å². The Bertz CT molecular complexity index is 666. The van der Waals surface area contributed by atoms with Crippen LogP contribution in [0.4, 0.5) is 0 Å². The van der Waals surface area contributed by atoms with E-state index >= 15 is 0 Å². The molecule has 1 aromatic carbocycles. The number of benzene rings is 1. The highest BCUT2D eigenvalue weighted by molar-refractivity contribution is 5.80. The van der Waals surface area contributed by atoms with Gasteiger partial charge >= 0.3 is 0 Å². The molecule has 136 valence electrons. The number of nitrogens with zero attached hydrogens (tertiary/aromatic N) is 2. The third-order valence-corrected chi connectivity index (χ3v) is 5.32. The fraction of sp³-hybridized carbons (Fsp3) is 0.579. The monoisotopic (exact) mass is 346 g/mol. The lowest BCUT2D eigenvalue weighted by molar-refractivity contribution is -0.140. The zero-order chi connectivity index (χ0) is 18.0. The molecule has 6 heteroatoms. The van der Waals surface area contributed by atoms with E-state index in [9.17, 15) is 9.59 Å². The van der Waals surface area contributed by atoms with Crippen LogP contribution in [-0.4, -0.2) is 55.5 Å². The standard InChI is InChI=1S/C19H26N2O4/c1-13(22)20-7-4-14(5-8-20)19(23)21-9-6-15-10-17(24-2)18(25-3)11-16(15)12-21/h10-11,14H,4-9,12H2,1-3H3. The summed E-state index contributed by atoms with van der Waals surface area (Å²) in [5, 5.41) is 0. The SMILES string of the molecule is COc1cc2c(cc1OC)CN(C(=O)C1CCN(C(C)=O)CC1)CC2. The van der Waals surface area contributed by atoms with Crippen molar-refractivity contribution in [3.63, 3.8) is 0 Å². The van der Waals surface area contributed by atoms with Gasteiger partial charge in [0, 0.05) is 39.0 Å². The molecule has 0 aromatic heterocycles. The minimum Gasteiger partial charge on any atom is -0.493 e. The molecule has 1 fully saturated rings.